The van der Waals surface area contributed by atoms with E-state index in [0.717, 1.165) is 16.6 Å². The van der Waals surface area contributed by atoms with Gasteiger partial charge in [-0.05, 0) is 19.1 Å². The van der Waals surface area contributed by atoms with Crippen molar-refractivity contribution in [2.24, 2.45) is 0 Å². The number of nitrogens with zero attached hydrogens (tertiary/aromatic N) is 2. The number of fused-ring (bicyclic) bond motifs is 3. The molecular weight excluding hydrogens is 190 g/mol. The summed E-state index contributed by atoms with van der Waals surface area (Å²) in [5.74, 6) is 0. The van der Waals surface area contributed by atoms with Crippen molar-refractivity contribution in [3.8, 4) is 0 Å². The minimum Gasteiger partial charge on any atom is -0.306 e. The maximum atomic E-state index is 11.7. The Morgan fingerprint density at radius 2 is 2.13 bits per heavy atom. The largest absolute Gasteiger partial charge is 0.331 e. The van der Waals surface area contributed by atoms with Gasteiger partial charge in [0.2, 0.25) is 0 Å². The standard InChI is InChI=1S/C11H9N3O/c1-7-6-12-10-8-4-2-3-5-9(8)13-11(15)14(7)10/h2-6H,1H3,(H,13,15). The Labute approximate surface area is 85.2 Å². The molecule has 2 aromatic heterocycles. The monoisotopic (exact) mass is 199 g/mol. The first-order valence-electron chi connectivity index (χ1n) is 4.72. The summed E-state index contributed by atoms with van der Waals surface area (Å²) in [5, 5.41) is 0.963. The lowest BCUT2D eigenvalue weighted by molar-refractivity contribution is 0.991. The molecule has 0 spiro atoms. The van der Waals surface area contributed by atoms with E-state index in [2.05, 4.69) is 9.97 Å². The van der Waals surface area contributed by atoms with Crippen molar-refractivity contribution < 1.29 is 0 Å². The number of aryl methyl sites for hydroxylation is 1. The van der Waals surface area contributed by atoms with Crippen LogP contribution < -0.4 is 5.69 Å². The van der Waals surface area contributed by atoms with E-state index >= 15 is 0 Å². The van der Waals surface area contributed by atoms with Gasteiger partial charge in [-0.15, -0.1) is 0 Å². The summed E-state index contributed by atoms with van der Waals surface area (Å²) in [6, 6.07) is 7.66. The maximum Gasteiger partial charge on any atom is 0.331 e. The van der Waals surface area contributed by atoms with Gasteiger partial charge in [-0.1, -0.05) is 12.1 Å². The number of nitrogens with one attached hydrogen (secondary N) is 1. The van der Waals surface area contributed by atoms with E-state index < -0.39 is 0 Å². The fraction of sp³-hybridized carbons (Fsp3) is 0.0909. The van der Waals surface area contributed by atoms with Gasteiger partial charge in [-0.25, -0.2) is 14.2 Å². The number of H-pyrrole nitrogens is 1. The van der Waals surface area contributed by atoms with Crippen molar-refractivity contribution in [2.45, 2.75) is 6.92 Å². The minimum atomic E-state index is -0.140. The molecule has 0 aliphatic heterocycles. The van der Waals surface area contributed by atoms with Crippen molar-refractivity contribution in [2.75, 3.05) is 0 Å². The van der Waals surface area contributed by atoms with E-state index in [0.29, 0.717) is 5.65 Å². The van der Waals surface area contributed by atoms with Crippen LogP contribution in [0.15, 0.2) is 35.3 Å². The van der Waals surface area contributed by atoms with Crippen molar-refractivity contribution >= 4 is 16.6 Å². The van der Waals surface area contributed by atoms with Gasteiger partial charge in [0.25, 0.3) is 0 Å². The first kappa shape index (κ1) is 8.23. The van der Waals surface area contributed by atoms with E-state index in [1.807, 2.05) is 31.2 Å². The molecular formula is C11H9N3O. The number of para-hydroxylation sites is 1. The Morgan fingerprint density at radius 1 is 1.33 bits per heavy atom. The predicted molar refractivity (Wildman–Crippen MR) is 58.1 cm³/mol. The number of hydrogen-bond acceptors (Lipinski definition) is 2. The number of benzene rings is 1. The van der Waals surface area contributed by atoms with Crippen LogP contribution in [-0.2, 0) is 0 Å². The summed E-state index contributed by atoms with van der Waals surface area (Å²) < 4.78 is 1.59. The van der Waals surface area contributed by atoms with Crippen LogP contribution >= 0.6 is 0 Å². The minimum absolute atomic E-state index is 0.140. The number of aromatic nitrogens is 3. The molecule has 3 rings (SSSR count). The zero-order valence-electron chi connectivity index (χ0n) is 8.19. The molecule has 2 heterocycles. The Hall–Kier alpha value is -2.10. The maximum absolute atomic E-state index is 11.7. The fourth-order valence-corrected chi connectivity index (χ4v) is 1.84. The summed E-state index contributed by atoms with van der Waals surface area (Å²) in [4.78, 5) is 18.8. The average Bonchev–Trinajstić information content (AvgIpc) is 2.62. The van der Waals surface area contributed by atoms with Gasteiger partial charge in [0.05, 0.1) is 5.52 Å². The van der Waals surface area contributed by atoms with Gasteiger partial charge < -0.3 is 4.98 Å². The van der Waals surface area contributed by atoms with Gasteiger partial charge >= 0.3 is 5.69 Å². The summed E-state index contributed by atoms with van der Waals surface area (Å²) in [6.07, 6.45) is 1.71. The zero-order chi connectivity index (χ0) is 10.4. The second kappa shape index (κ2) is 2.70. The molecule has 1 aromatic carbocycles. The van der Waals surface area contributed by atoms with Crippen LogP contribution in [0.25, 0.3) is 16.6 Å². The molecule has 4 nitrogen and oxygen atoms in total. The number of rotatable bonds is 0. The molecule has 0 unspecified atom stereocenters. The molecule has 0 atom stereocenters. The topological polar surface area (TPSA) is 50.2 Å². The normalized spacial score (nSPS) is 11.3. The van der Waals surface area contributed by atoms with Crippen molar-refractivity contribution in [3.05, 3.63) is 46.6 Å². The Kier molecular flexibility index (Phi) is 1.48. The van der Waals surface area contributed by atoms with Crippen LogP contribution in [0.5, 0.6) is 0 Å². The summed E-state index contributed by atoms with van der Waals surface area (Å²) in [7, 11) is 0. The smallest absolute Gasteiger partial charge is 0.306 e. The van der Waals surface area contributed by atoms with Gasteiger partial charge in [0.1, 0.15) is 5.65 Å². The first-order chi connectivity index (χ1) is 7.27. The molecule has 0 saturated heterocycles. The van der Waals surface area contributed by atoms with Gasteiger partial charge in [-0.2, -0.15) is 0 Å². The molecule has 3 aromatic rings. The Morgan fingerprint density at radius 3 is 3.00 bits per heavy atom. The fourth-order valence-electron chi connectivity index (χ4n) is 1.84. The van der Waals surface area contributed by atoms with E-state index in [1.165, 1.54) is 0 Å². The Balaban J connectivity index is 2.71. The third-order valence-corrected chi connectivity index (χ3v) is 2.55. The molecule has 0 amide bonds. The molecule has 0 aliphatic rings. The molecule has 0 fully saturated rings. The third kappa shape index (κ3) is 1.01. The highest BCUT2D eigenvalue weighted by atomic mass is 16.1. The lowest BCUT2D eigenvalue weighted by Gasteiger charge is -2.00. The zero-order valence-corrected chi connectivity index (χ0v) is 8.19. The summed E-state index contributed by atoms with van der Waals surface area (Å²) in [6.45, 7) is 1.87. The first-order valence-corrected chi connectivity index (χ1v) is 4.72. The number of imidazole rings is 1. The molecule has 0 bridgehead atoms. The molecule has 0 saturated carbocycles. The Bertz CT molecular complexity index is 708. The third-order valence-electron chi connectivity index (χ3n) is 2.55. The van der Waals surface area contributed by atoms with Gasteiger partial charge in [-0.3, -0.25) is 0 Å². The molecule has 1 N–H and O–H groups in total. The summed E-state index contributed by atoms with van der Waals surface area (Å²) >= 11 is 0. The van der Waals surface area contributed by atoms with Crippen LogP contribution in [0.4, 0.5) is 0 Å². The summed E-state index contributed by atoms with van der Waals surface area (Å²) in [5.41, 5.74) is 2.24. The molecule has 4 heteroatoms. The van der Waals surface area contributed by atoms with Crippen LogP contribution in [0, 0.1) is 6.92 Å². The van der Waals surface area contributed by atoms with Crippen LogP contribution in [-0.4, -0.2) is 14.4 Å². The van der Waals surface area contributed by atoms with E-state index in [4.69, 9.17) is 0 Å². The molecule has 0 radical (unpaired) electrons. The van der Waals surface area contributed by atoms with Crippen LogP contribution in [0.2, 0.25) is 0 Å². The highest BCUT2D eigenvalue weighted by Crippen LogP contribution is 2.15. The second-order valence-corrected chi connectivity index (χ2v) is 3.53. The quantitative estimate of drug-likeness (QED) is 0.596. The SMILES string of the molecule is Cc1cnc2c3ccccc3[nH]c(=O)n12. The van der Waals surface area contributed by atoms with E-state index in [9.17, 15) is 4.79 Å². The molecule has 15 heavy (non-hydrogen) atoms. The number of aromatic amines is 1. The van der Waals surface area contributed by atoms with Crippen molar-refractivity contribution in [1.29, 1.82) is 0 Å². The van der Waals surface area contributed by atoms with Crippen molar-refractivity contribution in [1.82, 2.24) is 14.4 Å². The van der Waals surface area contributed by atoms with E-state index in [1.54, 1.807) is 10.6 Å². The van der Waals surface area contributed by atoms with Crippen LogP contribution in [0.1, 0.15) is 5.69 Å². The second-order valence-electron chi connectivity index (χ2n) is 3.53. The molecule has 74 valence electrons. The van der Waals surface area contributed by atoms with E-state index in [-0.39, 0.29) is 5.69 Å². The lowest BCUT2D eigenvalue weighted by Crippen LogP contribution is -2.17. The predicted octanol–water partition coefficient (Wildman–Crippen LogP) is 1.48. The van der Waals surface area contributed by atoms with Crippen LogP contribution in [0.3, 0.4) is 0 Å². The van der Waals surface area contributed by atoms with Gasteiger partial charge in [0, 0.05) is 17.3 Å². The van der Waals surface area contributed by atoms with Gasteiger partial charge in [0.15, 0.2) is 0 Å². The highest BCUT2D eigenvalue weighted by Gasteiger charge is 2.06. The van der Waals surface area contributed by atoms with Crippen molar-refractivity contribution in [3.63, 3.8) is 0 Å². The average molecular weight is 199 g/mol. The molecule has 0 aliphatic carbocycles. The highest BCUT2D eigenvalue weighted by molar-refractivity contribution is 5.90. The lowest BCUT2D eigenvalue weighted by atomic mass is 10.2. The number of hydrogen-bond donors (Lipinski definition) is 1.